The van der Waals surface area contributed by atoms with Crippen molar-refractivity contribution in [3.63, 3.8) is 0 Å². The smallest absolute Gasteiger partial charge is 0.324 e. The first kappa shape index (κ1) is 28.9. The summed E-state index contributed by atoms with van der Waals surface area (Å²) in [6.45, 7) is 10.1. The molecule has 2 heterocycles. The molecule has 0 unspecified atom stereocenters. The van der Waals surface area contributed by atoms with Gasteiger partial charge >= 0.3 is 6.03 Å². The fourth-order valence-corrected chi connectivity index (χ4v) is 6.03. The van der Waals surface area contributed by atoms with Gasteiger partial charge < -0.3 is 10.2 Å². The number of carbonyl (C=O) groups is 2. The van der Waals surface area contributed by atoms with Gasteiger partial charge in [0.1, 0.15) is 5.82 Å². The minimum Gasteiger partial charge on any atom is -0.343 e. The number of hydrogen-bond donors (Lipinski definition) is 2. The third-order valence-electron chi connectivity index (χ3n) is 8.64. The van der Waals surface area contributed by atoms with Crippen molar-refractivity contribution >= 4 is 23.4 Å². The van der Waals surface area contributed by atoms with Crippen molar-refractivity contribution in [3.05, 3.63) is 71.4 Å². The summed E-state index contributed by atoms with van der Waals surface area (Å²) in [7, 11) is 0. The van der Waals surface area contributed by atoms with Crippen LogP contribution in [0.3, 0.4) is 0 Å². The van der Waals surface area contributed by atoms with Crippen LogP contribution < -0.4 is 10.6 Å². The van der Waals surface area contributed by atoms with Gasteiger partial charge in [0, 0.05) is 36.7 Å². The highest BCUT2D eigenvalue weighted by atomic mass is 16.2. The second-order valence-electron chi connectivity index (χ2n) is 13.1. The molecule has 41 heavy (non-hydrogen) atoms. The number of carbonyl (C=O) groups excluding carboxylic acids is 2. The molecule has 2 fully saturated rings. The average molecular weight is 556 g/mol. The average Bonchev–Trinajstić information content (AvgIpc) is 3.61. The highest BCUT2D eigenvalue weighted by Gasteiger charge is 2.26. The van der Waals surface area contributed by atoms with Gasteiger partial charge in [-0.15, -0.1) is 0 Å². The third-order valence-corrected chi connectivity index (χ3v) is 8.64. The summed E-state index contributed by atoms with van der Waals surface area (Å²) in [5.74, 6) is 2.19. The van der Waals surface area contributed by atoms with E-state index < -0.39 is 0 Å². The number of benzene rings is 2. The van der Waals surface area contributed by atoms with Crippen molar-refractivity contribution in [2.45, 2.75) is 84.5 Å². The number of urea groups is 1. The van der Waals surface area contributed by atoms with Gasteiger partial charge in [0.05, 0.1) is 11.4 Å². The summed E-state index contributed by atoms with van der Waals surface area (Å²) in [5, 5.41) is 10.8. The zero-order chi connectivity index (χ0) is 29.0. The molecule has 1 aliphatic heterocycles. The van der Waals surface area contributed by atoms with Gasteiger partial charge in [-0.1, -0.05) is 63.4 Å². The Morgan fingerprint density at radius 1 is 0.878 bits per heavy atom. The van der Waals surface area contributed by atoms with E-state index in [1.54, 1.807) is 4.68 Å². The molecule has 0 atom stereocenters. The Morgan fingerprint density at radius 2 is 1.54 bits per heavy atom. The highest BCUT2D eigenvalue weighted by Crippen LogP contribution is 2.30. The Kier molecular flexibility index (Phi) is 8.81. The van der Waals surface area contributed by atoms with E-state index in [1.807, 2.05) is 42.5 Å². The lowest BCUT2D eigenvalue weighted by Crippen LogP contribution is -2.39. The number of nitrogens with zero attached hydrogens (tertiary/aromatic N) is 3. The van der Waals surface area contributed by atoms with Gasteiger partial charge in [-0.2, -0.15) is 5.10 Å². The monoisotopic (exact) mass is 555 g/mol. The Morgan fingerprint density at radius 3 is 2.17 bits per heavy atom. The maximum atomic E-state index is 13.0. The molecule has 1 aliphatic carbocycles. The minimum absolute atomic E-state index is 0.152. The molecule has 7 heteroatoms. The van der Waals surface area contributed by atoms with Gasteiger partial charge in [0.2, 0.25) is 5.91 Å². The summed E-state index contributed by atoms with van der Waals surface area (Å²) in [4.78, 5) is 27.8. The van der Waals surface area contributed by atoms with E-state index in [4.69, 9.17) is 5.10 Å². The molecule has 1 aromatic heterocycles. The highest BCUT2D eigenvalue weighted by molar-refractivity contribution is 5.99. The number of aromatic nitrogens is 2. The van der Waals surface area contributed by atoms with E-state index in [0.29, 0.717) is 23.6 Å². The second kappa shape index (κ2) is 12.5. The van der Waals surface area contributed by atoms with E-state index >= 15 is 0 Å². The lowest BCUT2D eigenvalue weighted by Gasteiger charge is -2.32. The second-order valence-corrected chi connectivity index (χ2v) is 13.1. The molecule has 2 N–H and O–H groups in total. The molecule has 3 aromatic rings. The van der Waals surface area contributed by atoms with E-state index in [2.05, 4.69) is 55.4 Å². The van der Waals surface area contributed by atoms with E-state index in [1.165, 1.54) is 36.8 Å². The molecule has 5 rings (SSSR count). The molecule has 7 nitrogen and oxygen atoms in total. The van der Waals surface area contributed by atoms with Crippen LogP contribution in [0.4, 0.5) is 16.3 Å². The standard InChI is InChI=1S/C34H45N5O2/c1-24-9-15-29(16-10-24)39-31(23-30(37-39)34(2,3)4)36-33(41)35-28-13-11-26(12-14-28)21-27-17-19-38(20-18-27)32(40)22-25-7-5-6-8-25/h9-16,23,25,27H,5-8,17-22H2,1-4H3,(H2,35,36,41). The maximum Gasteiger partial charge on any atom is 0.324 e. The van der Waals surface area contributed by atoms with Crippen LogP contribution in [0.15, 0.2) is 54.6 Å². The molecule has 2 aromatic carbocycles. The number of anilines is 2. The quantitative estimate of drug-likeness (QED) is 0.317. The lowest BCUT2D eigenvalue weighted by molar-refractivity contribution is -0.133. The third kappa shape index (κ3) is 7.57. The number of aryl methyl sites for hydroxylation is 1. The molecule has 1 saturated heterocycles. The number of amides is 3. The van der Waals surface area contributed by atoms with E-state index in [0.717, 1.165) is 55.8 Å². The van der Waals surface area contributed by atoms with Gasteiger partial charge in [-0.25, -0.2) is 9.48 Å². The fourth-order valence-electron chi connectivity index (χ4n) is 6.03. The predicted octanol–water partition coefficient (Wildman–Crippen LogP) is 7.48. The van der Waals surface area contributed by atoms with Crippen molar-refractivity contribution in [1.82, 2.24) is 14.7 Å². The summed E-state index contributed by atoms with van der Waals surface area (Å²) in [6.07, 6.45) is 8.90. The van der Waals surface area contributed by atoms with Crippen molar-refractivity contribution in [3.8, 4) is 5.69 Å². The van der Waals surface area contributed by atoms with E-state index in [9.17, 15) is 9.59 Å². The van der Waals surface area contributed by atoms with Crippen LogP contribution in [0.5, 0.6) is 0 Å². The van der Waals surface area contributed by atoms with Crippen molar-refractivity contribution in [2.75, 3.05) is 23.7 Å². The first-order valence-electron chi connectivity index (χ1n) is 15.3. The first-order valence-corrected chi connectivity index (χ1v) is 15.3. The minimum atomic E-state index is -0.305. The van der Waals surface area contributed by atoms with Gasteiger partial charge in [0.15, 0.2) is 0 Å². The van der Waals surface area contributed by atoms with Crippen molar-refractivity contribution in [1.29, 1.82) is 0 Å². The summed E-state index contributed by atoms with van der Waals surface area (Å²) in [5.41, 5.74) is 4.83. The lowest BCUT2D eigenvalue weighted by atomic mass is 9.89. The van der Waals surface area contributed by atoms with Gasteiger partial charge in [-0.05, 0) is 80.7 Å². The number of rotatable bonds is 7. The van der Waals surface area contributed by atoms with Crippen molar-refractivity contribution in [2.24, 2.45) is 11.8 Å². The first-order chi connectivity index (χ1) is 19.6. The van der Waals surface area contributed by atoms with Crippen LogP contribution in [-0.4, -0.2) is 39.7 Å². The zero-order valence-electron chi connectivity index (χ0n) is 25.1. The molecule has 218 valence electrons. The van der Waals surface area contributed by atoms with Crippen LogP contribution in [0.1, 0.15) is 82.5 Å². The summed E-state index contributed by atoms with van der Waals surface area (Å²) in [6, 6.07) is 17.9. The maximum absolute atomic E-state index is 13.0. The molecule has 0 radical (unpaired) electrons. The summed E-state index contributed by atoms with van der Waals surface area (Å²) >= 11 is 0. The van der Waals surface area contributed by atoms with E-state index in [-0.39, 0.29) is 11.4 Å². The summed E-state index contributed by atoms with van der Waals surface area (Å²) < 4.78 is 1.79. The predicted molar refractivity (Wildman–Crippen MR) is 166 cm³/mol. The molecular weight excluding hydrogens is 510 g/mol. The van der Waals surface area contributed by atoms with Gasteiger partial charge in [0.25, 0.3) is 0 Å². The fraction of sp³-hybridized carbons (Fsp3) is 0.500. The topological polar surface area (TPSA) is 79.3 Å². The molecule has 2 aliphatic rings. The number of nitrogens with one attached hydrogen (secondary N) is 2. The molecule has 1 saturated carbocycles. The number of likely N-dealkylation sites (tertiary alicyclic amines) is 1. The normalized spacial score (nSPS) is 16.6. The molecule has 3 amide bonds. The van der Waals surface area contributed by atoms with Crippen LogP contribution in [0.2, 0.25) is 0 Å². The van der Waals surface area contributed by atoms with Crippen LogP contribution in [-0.2, 0) is 16.6 Å². The Balaban J connectivity index is 1.14. The van der Waals surface area contributed by atoms with Crippen molar-refractivity contribution < 1.29 is 9.59 Å². The molecule has 0 spiro atoms. The number of hydrogen-bond acceptors (Lipinski definition) is 3. The Hall–Kier alpha value is -3.61. The Bertz CT molecular complexity index is 1320. The van der Waals surface area contributed by atoms with Crippen LogP contribution in [0, 0.1) is 18.8 Å². The van der Waals surface area contributed by atoms with Crippen LogP contribution >= 0.6 is 0 Å². The molecular formula is C34H45N5O2. The SMILES string of the molecule is Cc1ccc(-n2nc(C(C)(C)C)cc2NC(=O)Nc2ccc(CC3CCN(C(=O)CC4CCCC4)CC3)cc2)cc1. The Labute approximate surface area is 244 Å². The number of piperidine rings is 1. The zero-order valence-corrected chi connectivity index (χ0v) is 25.1. The van der Waals surface area contributed by atoms with Gasteiger partial charge in [-0.3, -0.25) is 10.1 Å². The largest absolute Gasteiger partial charge is 0.343 e. The molecule has 0 bridgehead atoms. The van der Waals surface area contributed by atoms with Crippen LogP contribution in [0.25, 0.3) is 5.69 Å².